The lowest BCUT2D eigenvalue weighted by molar-refractivity contribution is -0.142. The zero-order valence-electron chi connectivity index (χ0n) is 10.1. The van der Waals surface area contributed by atoms with Crippen LogP contribution in [0.25, 0.3) is 0 Å². The molecule has 1 fully saturated rings. The van der Waals surface area contributed by atoms with Gasteiger partial charge in [-0.25, -0.2) is 13.6 Å². The molecule has 0 radical (unpaired) electrons. The molecule has 0 saturated carbocycles. The fraction of sp³-hybridized carbons (Fsp3) is 0.364. The largest absolute Gasteiger partial charge is 0.367 e. The molecule has 3 N–H and O–H groups in total. The number of primary sulfonamides is 1. The zero-order valence-corrected chi connectivity index (χ0v) is 12.5. The standard InChI is InChI=1S/C11H13BrN2O4S/c1-14-10(15)4-5-11(14,16)7-2-3-8(12)9(6-7)19(13,17)18/h2-3,6,16H,4-5H2,1H3,(H2,13,17,18). The molecule has 8 heteroatoms. The summed E-state index contributed by atoms with van der Waals surface area (Å²) in [6.45, 7) is 0. The summed E-state index contributed by atoms with van der Waals surface area (Å²) in [6, 6.07) is 4.34. The molecule has 0 aromatic heterocycles. The van der Waals surface area contributed by atoms with Crippen LogP contribution in [0.2, 0.25) is 0 Å². The maximum absolute atomic E-state index is 11.5. The number of carbonyl (C=O) groups excluding carboxylic acids is 1. The minimum Gasteiger partial charge on any atom is -0.367 e. The fourth-order valence-electron chi connectivity index (χ4n) is 2.13. The molecule has 2 rings (SSSR count). The summed E-state index contributed by atoms with van der Waals surface area (Å²) in [6.07, 6.45) is 0.432. The molecule has 1 aliphatic rings. The third-order valence-electron chi connectivity index (χ3n) is 3.32. The van der Waals surface area contributed by atoms with Gasteiger partial charge in [-0.15, -0.1) is 0 Å². The molecule has 0 spiro atoms. The maximum Gasteiger partial charge on any atom is 0.239 e. The molecule has 19 heavy (non-hydrogen) atoms. The molecule has 1 aromatic rings. The molecule has 6 nitrogen and oxygen atoms in total. The Bertz CT molecular complexity index is 646. The van der Waals surface area contributed by atoms with Gasteiger partial charge in [0, 0.05) is 29.9 Å². The van der Waals surface area contributed by atoms with E-state index in [0.717, 1.165) is 0 Å². The second-order valence-electron chi connectivity index (χ2n) is 4.46. The average Bonchev–Trinajstić information content (AvgIpc) is 2.57. The number of hydrogen-bond donors (Lipinski definition) is 2. The number of nitrogens with two attached hydrogens (primary N) is 1. The lowest BCUT2D eigenvalue weighted by Gasteiger charge is -2.31. The molecule has 1 aliphatic heterocycles. The minimum atomic E-state index is -3.90. The van der Waals surface area contributed by atoms with Crippen LogP contribution in [0.15, 0.2) is 27.6 Å². The number of likely N-dealkylation sites (tertiary alicyclic amines) is 1. The number of nitrogens with zero attached hydrogens (tertiary/aromatic N) is 1. The lowest BCUT2D eigenvalue weighted by Crippen LogP contribution is -2.40. The van der Waals surface area contributed by atoms with E-state index < -0.39 is 15.7 Å². The van der Waals surface area contributed by atoms with Crippen molar-refractivity contribution in [2.45, 2.75) is 23.5 Å². The Morgan fingerprint density at radius 2 is 2.11 bits per heavy atom. The summed E-state index contributed by atoms with van der Waals surface area (Å²) in [7, 11) is -2.42. The second-order valence-corrected chi connectivity index (χ2v) is 6.84. The van der Waals surface area contributed by atoms with Gasteiger partial charge in [-0.05, 0) is 28.1 Å². The molecule has 1 heterocycles. The summed E-state index contributed by atoms with van der Waals surface area (Å²) in [4.78, 5) is 12.6. The van der Waals surface area contributed by atoms with Crippen molar-refractivity contribution in [2.24, 2.45) is 5.14 Å². The van der Waals surface area contributed by atoms with Gasteiger partial charge in [0.15, 0.2) is 5.72 Å². The SMILES string of the molecule is CN1C(=O)CCC1(O)c1ccc(Br)c(S(N)(=O)=O)c1. The van der Waals surface area contributed by atoms with Gasteiger partial charge in [-0.3, -0.25) is 4.79 Å². The van der Waals surface area contributed by atoms with Crippen molar-refractivity contribution in [1.82, 2.24) is 4.90 Å². The molecule has 0 bridgehead atoms. The van der Waals surface area contributed by atoms with Gasteiger partial charge in [-0.1, -0.05) is 6.07 Å². The van der Waals surface area contributed by atoms with Crippen LogP contribution in [0.4, 0.5) is 0 Å². The Labute approximate surface area is 119 Å². The molecule has 1 saturated heterocycles. The van der Waals surface area contributed by atoms with Crippen LogP contribution in [-0.4, -0.2) is 31.4 Å². The number of rotatable bonds is 2. The Morgan fingerprint density at radius 1 is 1.47 bits per heavy atom. The van der Waals surface area contributed by atoms with Gasteiger partial charge < -0.3 is 10.0 Å². The monoisotopic (exact) mass is 348 g/mol. The van der Waals surface area contributed by atoms with E-state index >= 15 is 0 Å². The fourth-order valence-corrected chi connectivity index (χ4v) is 3.69. The van der Waals surface area contributed by atoms with E-state index in [1.165, 1.54) is 24.1 Å². The Kier molecular flexibility index (Phi) is 3.46. The predicted octanol–water partition coefficient (Wildman–Crippen LogP) is 0.494. The minimum absolute atomic E-state index is 0.119. The Balaban J connectivity index is 2.57. The topological polar surface area (TPSA) is 101 Å². The summed E-state index contributed by atoms with van der Waals surface area (Å²) < 4.78 is 23.2. The van der Waals surface area contributed by atoms with Crippen molar-refractivity contribution >= 4 is 31.9 Å². The first-order chi connectivity index (χ1) is 8.66. The first kappa shape index (κ1) is 14.4. The van der Waals surface area contributed by atoms with Crippen molar-refractivity contribution in [2.75, 3.05) is 7.05 Å². The first-order valence-electron chi connectivity index (χ1n) is 5.48. The molecule has 1 unspecified atom stereocenters. The number of benzene rings is 1. The van der Waals surface area contributed by atoms with Gasteiger partial charge in [0.25, 0.3) is 0 Å². The average molecular weight is 349 g/mol. The van der Waals surface area contributed by atoms with E-state index in [-0.39, 0.29) is 23.6 Å². The summed E-state index contributed by atoms with van der Waals surface area (Å²) >= 11 is 3.10. The molecular formula is C11H13BrN2O4S. The number of halogens is 1. The van der Waals surface area contributed by atoms with E-state index in [1.807, 2.05) is 0 Å². The van der Waals surface area contributed by atoms with Crippen molar-refractivity contribution < 1.29 is 18.3 Å². The third-order valence-corrected chi connectivity index (χ3v) is 5.22. The lowest BCUT2D eigenvalue weighted by atomic mass is 10.0. The van der Waals surface area contributed by atoms with Crippen LogP contribution in [0.1, 0.15) is 18.4 Å². The second kappa shape index (κ2) is 4.55. The van der Waals surface area contributed by atoms with Crippen molar-refractivity contribution in [1.29, 1.82) is 0 Å². The van der Waals surface area contributed by atoms with Crippen molar-refractivity contribution in [3.8, 4) is 0 Å². The molecule has 1 amide bonds. The first-order valence-corrected chi connectivity index (χ1v) is 7.82. The number of amides is 1. The molecule has 1 atom stereocenters. The molecule has 1 aromatic carbocycles. The van der Waals surface area contributed by atoms with Gasteiger partial charge in [-0.2, -0.15) is 0 Å². The predicted molar refractivity (Wildman–Crippen MR) is 71.4 cm³/mol. The smallest absolute Gasteiger partial charge is 0.239 e. The summed E-state index contributed by atoms with van der Waals surface area (Å²) in [5.74, 6) is -0.192. The van der Waals surface area contributed by atoms with Crippen LogP contribution in [-0.2, 0) is 20.5 Å². The molecule has 104 valence electrons. The Hall–Kier alpha value is -0.960. The number of aliphatic hydroxyl groups is 1. The van der Waals surface area contributed by atoms with Crippen LogP contribution >= 0.6 is 15.9 Å². The molecular weight excluding hydrogens is 336 g/mol. The molecule has 0 aliphatic carbocycles. The third kappa shape index (κ3) is 2.40. The van der Waals surface area contributed by atoms with E-state index in [0.29, 0.717) is 10.0 Å². The maximum atomic E-state index is 11.5. The Morgan fingerprint density at radius 3 is 2.58 bits per heavy atom. The number of carbonyl (C=O) groups is 1. The van der Waals surface area contributed by atoms with Crippen molar-refractivity contribution in [3.63, 3.8) is 0 Å². The number of sulfonamides is 1. The van der Waals surface area contributed by atoms with Crippen LogP contribution in [0, 0.1) is 0 Å². The highest BCUT2D eigenvalue weighted by atomic mass is 79.9. The van der Waals surface area contributed by atoms with Crippen LogP contribution in [0.5, 0.6) is 0 Å². The highest BCUT2D eigenvalue weighted by Gasteiger charge is 2.43. The van der Waals surface area contributed by atoms with Crippen molar-refractivity contribution in [3.05, 3.63) is 28.2 Å². The highest BCUT2D eigenvalue weighted by Crippen LogP contribution is 2.37. The van der Waals surface area contributed by atoms with Gasteiger partial charge >= 0.3 is 0 Å². The normalized spacial score (nSPS) is 24.0. The highest BCUT2D eigenvalue weighted by molar-refractivity contribution is 9.10. The van der Waals surface area contributed by atoms with Gasteiger partial charge in [0.1, 0.15) is 0 Å². The summed E-state index contributed by atoms with van der Waals surface area (Å²) in [5, 5.41) is 15.6. The van der Waals surface area contributed by atoms with Gasteiger partial charge in [0.05, 0.1) is 4.90 Å². The van der Waals surface area contributed by atoms with E-state index in [2.05, 4.69) is 15.9 Å². The quantitative estimate of drug-likeness (QED) is 0.812. The van der Waals surface area contributed by atoms with Gasteiger partial charge in [0.2, 0.25) is 15.9 Å². The number of hydrogen-bond acceptors (Lipinski definition) is 4. The zero-order chi connectivity index (χ0) is 14.4. The van der Waals surface area contributed by atoms with Crippen LogP contribution in [0.3, 0.4) is 0 Å². The van der Waals surface area contributed by atoms with E-state index in [4.69, 9.17) is 5.14 Å². The van der Waals surface area contributed by atoms with E-state index in [1.54, 1.807) is 6.07 Å². The van der Waals surface area contributed by atoms with Crippen LogP contribution < -0.4 is 5.14 Å². The summed E-state index contributed by atoms with van der Waals surface area (Å²) in [5.41, 5.74) is -1.16. The van der Waals surface area contributed by atoms with E-state index in [9.17, 15) is 18.3 Å².